The lowest BCUT2D eigenvalue weighted by Gasteiger charge is -2.38. The summed E-state index contributed by atoms with van der Waals surface area (Å²) in [6.07, 6.45) is 17.4. The van der Waals surface area contributed by atoms with Crippen molar-refractivity contribution in [3.05, 3.63) is 58.7 Å². The molecular weight excluding hydrogens is 487 g/mol. The second kappa shape index (κ2) is 13.5. The second-order valence-electron chi connectivity index (χ2n) is 9.19. The van der Waals surface area contributed by atoms with Gasteiger partial charge in [-0.15, -0.1) is 0 Å². The Kier molecular flexibility index (Phi) is 11.4. The smallest absolute Gasteiger partial charge is 0.228 e. The van der Waals surface area contributed by atoms with E-state index in [9.17, 15) is 9.59 Å². The predicted octanol–water partition coefficient (Wildman–Crippen LogP) is 7.42. The van der Waals surface area contributed by atoms with Crippen molar-refractivity contribution in [2.75, 3.05) is 12.8 Å². The molecule has 0 fully saturated rings. The molecule has 0 radical (unpaired) electrons. The van der Waals surface area contributed by atoms with E-state index in [0.29, 0.717) is 27.2 Å². The highest BCUT2D eigenvalue weighted by atomic mass is 35.5. The number of allylic oxidation sites excluding steroid dienone is 8. The fraction of sp³-hybridized carbons (Fsp3) is 0.519. The van der Waals surface area contributed by atoms with E-state index in [4.69, 9.17) is 28.2 Å². The van der Waals surface area contributed by atoms with E-state index in [2.05, 4.69) is 44.7 Å². The molecule has 1 aliphatic heterocycles. The summed E-state index contributed by atoms with van der Waals surface area (Å²) in [5, 5.41) is 1.26. The van der Waals surface area contributed by atoms with Gasteiger partial charge in [0.15, 0.2) is 11.0 Å². The summed E-state index contributed by atoms with van der Waals surface area (Å²) in [6.45, 7) is 9.78. The van der Waals surface area contributed by atoms with Crippen LogP contribution in [-0.2, 0) is 9.59 Å². The number of aliphatic imine (C=N–C) groups is 1. The van der Waals surface area contributed by atoms with Crippen molar-refractivity contribution in [3.63, 3.8) is 0 Å². The first-order valence-electron chi connectivity index (χ1n) is 11.8. The second-order valence-corrected chi connectivity index (χ2v) is 11.1. The fourth-order valence-electron chi connectivity index (χ4n) is 4.34. The Labute approximate surface area is 218 Å². The molecule has 2 rings (SSSR count). The van der Waals surface area contributed by atoms with Crippen molar-refractivity contribution in [2.24, 2.45) is 16.3 Å². The van der Waals surface area contributed by atoms with Crippen LogP contribution in [0.1, 0.15) is 59.3 Å². The van der Waals surface area contributed by atoms with Gasteiger partial charge in [0, 0.05) is 30.0 Å². The number of thioether (sulfide) groups is 1. The minimum absolute atomic E-state index is 0.0150. The van der Waals surface area contributed by atoms with Crippen LogP contribution in [0.2, 0.25) is 0 Å². The highest BCUT2D eigenvalue weighted by molar-refractivity contribution is 8.14. The van der Waals surface area contributed by atoms with E-state index in [0.717, 1.165) is 32.1 Å². The monoisotopic (exact) mass is 522 g/mol. The number of ketones is 1. The van der Waals surface area contributed by atoms with E-state index in [1.54, 1.807) is 18.9 Å². The fourth-order valence-corrected chi connectivity index (χ4v) is 5.48. The molecule has 0 aromatic carbocycles. The normalized spacial score (nSPS) is 27.6. The van der Waals surface area contributed by atoms with E-state index in [1.807, 2.05) is 0 Å². The molecule has 3 unspecified atom stereocenters. The molecule has 0 spiro atoms. The van der Waals surface area contributed by atoms with Crippen molar-refractivity contribution in [1.82, 2.24) is 4.90 Å². The Hall–Kier alpha value is -1.56. The molecule has 1 heterocycles. The van der Waals surface area contributed by atoms with Crippen molar-refractivity contribution in [1.29, 1.82) is 0 Å². The molecule has 0 N–H and O–H groups in total. The summed E-state index contributed by atoms with van der Waals surface area (Å²) in [5.74, 6) is 0.201. The maximum absolute atomic E-state index is 12.9. The number of fused-ring (bicyclic) bond motifs is 1. The number of hydrogen-bond donors (Lipinski definition) is 0. The number of amides is 1. The summed E-state index contributed by atoms with van der Waals surface area (Å²) in [5.41, 5.74) is 0.388. The summed E-state index contributed by atoms with van der Waals surface area (Å²) in [7, 11) is 1.75. The SMILES string of the molecule is C=C/C(=C\C(Cl)=C(/C)Cl)C(=O)CSC1=NC(C)C2C=CC=CC2(C)CCCCCCC(=O)N1C. The predicted molar refractivity (Wildman–Crippen MR) is 147 cm³/mol. The molecule has 1 aliphatic carbocycles. The molecule has 3 atom stereocenters. The van der Waals surface area contributed by atoms with E-state index >= 15 is 0 Å². The zero-order valence-corrected chi connectivity index (χ0v) is 23.0. The first-order chi connectivity index (χ1) is 16.1. The highest BCUT2D eigenvalue weighted by Gasteiger charge is 2.35. The van der Waals surface area contributed by atoms with E-state index < -0.39 is 0 Å². The van der Waals surface area contributed by atoms with Crippen molar-refractivity contribution < 1.29 is 9.59 Å². The zero-order chi connectivity index (χ0) is 25.3. The van der Waals surface area contributed by atoms with Crippen LogP contribution in [0.4, 0.5) is 0 Å². The number of carbonyl (C=O) groups excluding carboxylic acids is 2. The number of halogens is 2. The van der Waals surface area contributed by atoms with Crippen molar-refractivity contribution in [3.8, 4) is 0 Å². The minimum atomic E-state index is -0.152. The van der Waals surface area contributed by atoms with Gasteiger partial charge in [0.25, 0.3) is 0 Å². The third-order valence-corrected chi connectivity index (χ3v) is 8.24. The molecule has 0 saturated carbocycles. The first-order valence-corrected chi connectivity index (χ1v) is 13.6. The van der Waals surface area contributed by atoms with Crippen LogP contribution < -0.4 is 0 Å². The summed E-state index contributed by atoms with van der Waals surface area (Å²) in [4.78, 5) is 32.4. The van der Waals surface area contributed by atoms with Crippen molar-refractivity contribution in [2.45, 2.75) is 65.3 Å². The van der Waals surface area contributed by atoms with Gasteiger partial charge in [0.1, 0.15) is 0 Å². The summed E-state index contributed by atoms with van der Waals surface area (Å²) >= 11 is 13.3. The third kappa shape index (κ3) is 8.00. The lowest BCUT2D eigenvalue weighted by molar-refractivity contribution is -0.126. The van der Waals surface area contributed by atoms with Gasteiger partial charge >= 0.3 is 0 Å². The van der Waals surface area contributed by atoms with Gasteiger partial charge in [-0.2, -0.15) is 0 Å². The van der Waals surface area contributed by atoms with Gasteiger partial charge in [-0.3, -0.25) is 19.5 Å². The maximum atomic E-state index is 12.9. The third-order valence-electron chi connectivity index (χ3n) is 6.50. The average molecular weight is 524 g/mol. The highest BCUT2D eigenvalue weighted by Crippen LogP contribution is 2.41. The minimum Gasteiger partial charge on any atom is -0.295 e. The summed E-state index contributed by atoms with van der Waals surface area (Å²) < 4.78 is 0. The largest absolute Gasteiger partial charge is 0.295 e. The number of rotatable bonds is 5. The Morgan fingerprint density at radius 2 is 2.00 bits per heavy atom. The zero-order valence-electron chi connectivity index (χ0n) is 20.7. The molecule has 0 aromatic rings. The molecule has 7 heteroatoms. The van der Waals surface area contributed by atoms with Crippen LogP contribution >= 0.6 is 35.0 Å². The topological polar surface area (TPSA) is 49.7 Å². The van der Waals surface area contributed by atoms with Gasteiger partial charge in [-0.05, 0) is 38.2 Å². The molecule has 0 bridgehead atoms. The lowest BCUT2D eigenvalue weighted by atomic mass is 9.68. The van der Waals surface area contributed by atoms with Crippen LogP contribution in [0.3, 0.4) is 0 Å². The molecule has 186 valence electrons. The maximum Gasteiger partial charge on any atom is 0.228 e. The van der Waals surface area contributed by atoms with Crippen LogP contribution in [0.15, 0.2) is 63.7 Å². The van der Waals surface area contributed by atoms with Gasteiger partial charge < -0.3 is 0 Å². The molecule has 34 heavy (non-hydrogen) atoms. The quantitative estimate of drug-likeness (QED) is 0.278. The number of nitrogens with zero attached hydrogens (tertiary/aromatic N) is 2. The molecule has 0 aromatic heterocycles. The molecule has 4 nitrogen and oxygen atoms in total. The Bertz CT molecular complexity index is 931. The van der Waals surface area contributed by atoms with Crippen molar-refractivity contribution >= 4 is 51.8 Å². The number of hydrogen-bond acceptors (Lipinski definition) is 4. The number of amidine groups is 1. The first kappa shape index (κ1) is 28.7. The van der Waals surface area contributed by atoms with Crippen LogP contribution in [0.25, 0.3) is 0 Å². The number of carbonyl (C=O) groups is 2. The lowest BCUT2D eigenvalue weighted by Crippen LogP contribution is -2.36. The van der Waals surface area contributed by atoms with Gasteiger partial charge in [-0.1, -0.05) is 98.1 Å². The Morgan fingerprint density at radius 3 is 2.68 bits per heavy atom. The number of Topliss-reactive ketones (excluding diaryl/α,β-unsaturated/α-hetero) is 1. The average Bonchev–Trinajstić information content (AvgIpc) is 2.81. The van der Waals surface area contributed by atoms with Gasteiger partial charge in [-0.25, -0.2) is 0 Å². The molecule has 0 saturated heterocycles. The van der Waals surface area contributed by atoms with Gasteiger partial charge in [0.2, 0.25) is 5.91 Å². The van der Waals surface area contributed by atoms with Crippen LogP contribution in [0.5, 0.6) is 0 Å². The standard InChI is InChI=1S/C27H36Cl2N2O2S/c1-6-21(17-23(29)19(2)28)24(32)18-34-26-30-20(3)22-13-10-12-16-27(22,4)15-11-8-7-9-14-25(33)31(26)5/h6,10,12-13,16-17,20,22H,1,7-9,11,14-15,18H2,2-5H3/b21-17+,23-19-,30-26?. The van der Waals surface area contributed by atoms with Crippen LogP contribution in [0, 0.1) is 11.3 Å². The summed E-state index contributed by atoms with van der Waals surface area (Å²) in [6, 6.07) is -0.0505. The van der Waals surface area contributed by atoms with E-state index in [1.165, 1.54) is 23.9 Å². The van der Waals surface area contributed by atoms with E-state index in [-0.39, 0.29) is 34.8 Å². The van der Waals surface area contributed by atoms with Crippen LogP contribution in [-0.4, -0.2) is 40.6 Å². The Balaban J connectivity index is 2.33. The molecular formula is C27H36Cl2N2O2S. The van der Waals surface area contributed by atoms with Gasteiger partial charge in [0.05, 0.1) is 16.8 Å². The Morgan fingerprint density at radius 1 is 1.29 bits per heavy atom. The molecule has 1 amide bonds. The molecule has 2 aliphatic rings.